The van der Waals surface area contributed by atoms with E-state index in [9.17, 15) is 9.59 Å². The molecule has 0 bridgehead atoms. The molecule has 1 unspecified atom stereocenters. The normalized spacial score (nSPS) is 16.6. The predicted octanol–water partition coefficient (Wildman–Crippen LogP) is -0.808. The lowest BCUT2D eigenvalue weighted by Gasteiger charge is -2.26. The van der Waals surface area contributed by atoms with Gasteiger partial charge in [-0.15, -0.1) is 0 Å². The van der Waals surface area contributed by atoms with E-state index in [0.717, 1.165) is 38.5 Å². The number of carbonyl (C=O) groups is 2. The van der Waals surface area contributed by atoms with Gasteiger partial charge in [-0.3, -0.25) is 19.4 Å². The monoisotopic (exact) mass is 351 g/mol. The van der Waals surface area contributed by atoms with Crippen LogP contribution < -0.4 is 10.6 Å². The van der Waals surface area contributed by atoms with Crippen LogP contribution in [0.1, 0.15) is 11.7 Å². The van der Waals surface area contributed by atoms with E-state index in [0.29, 0.717) is 13.1 Å². The lowest BCUT2D eigenvalue weighted by Crippen LogP contribution is -2.46. The maximum atomic E-state index is 12.0. The van der Waals surface area contributed by atoms with E-state index >= 15 is 0 Å². The third-order valence-electron chi connectivity index (χ3n) is 4.43. The van der Waals surface area contributed by atoms with Crippen LogP contribution in [0.15, 0.2) is 18.3 Å². The van der Waals surface area contributed by atoms with Crippen molar-refractivity contribution in [1.29, 1.82) is 0 Å². The summed E-state index contributed by atoms with van der Waals surface area (Å²) in [6.45, 7) is 4.74. The Labute approximate surface area is 149 Å². The van der Waals surface area contributed by atoms with Crippen LogP contribution in [0.5, 0.6) is 0 Å². The van der Waals surface area contributed by atoms with Gasteiger partial charge in [0, 0.05) is 51.7 Å². The van der Waals surface area contributed by atoms with Crippen LogP contribution in [0.4, 0.5) is 0 Å². The molecule has 25 heavy (non-hydrogen) atoms. The summed E-state index contributed by atoms with van der Waals surface area (Å²) in [5.41, 5.74) is 1.08. The number of carbonyl (C=O) groups excluding carboxylic acids is 2. The highest BCUT2D eigenvalue weighted by atomic mass is 16.5. The van der Waals surface area contributed by atoms with Crippen molar-refractivity contribution in [1.82, 2.24) is 25.0 Å². The lowest BCUT2D eigenvalue weighted by molar-refractivity contribution is -0.139. The zero-order valence-electron chi connectivity index (χ0n) is 15.3. The molecule has 1 aliphatic heterocycles. The van der Waals surface area contributed by atoms with Gasteiger partial charge in [-0.1, -0.05) is 0 Å². The van der Waals surface area contributed by atoms with E-state index in [4.69, 9.17) is 4.74 Å². The standard InChI is InChI=1S/C17H29N5O3/c1-20(2)15(14-5-4-7-21(14)3)13-19-17(24)16(23)18-6-8-22-9-11-25-12-10-22/h4-5,7,15H,6,8-13H2,1-3H3,(H,18,23)(H,19,24). The summed E-state index contributed by atoms with van der Waals surface area (Å²) >= 11 is 0. The number of nitrogens with zero attached hydrogens (tertiary/aromatic N) is 3. The van der Waals surface area contributed by atoms with E-state index < -0.39 is 11.8 Å². The fourth-order valence-corrected chi connectivity index (χ4v) is 2.87. The second-order valence-corrected chi connectivity index (χ2v) is 6.44. The highest BCUT2D eigenvalue weighted by molar-refractivity contribution is 6.35. The summed E-state index contributed by atoms with van der Waals surface area (Å²) in [6, 6.07) is 3.98. The maximum absolute atomic E-state index is 12.0. The first-order valence-corrected chi connectivity index (χ1v) is 8.63. The third kappa shape index (κ3) is 5.84. The quantitative estimate of drug-likeness (QED) is 0.629. The van der Waals surface area contributed by atoms with E-state index in [1.165, 1.54) is 0 Å². The Bertz CT molecular complexity index is 566. The number of aromatic nitrogens is 1. The Balaban J connectivity index is 1.74. The van der Waals surface area contributed by atoms with Gasteiger partial charge in [0.1, 0.15) is 0 Å². The van der Waals surface area contributed by atoms with Crippen LogP contribution in [-0.2, 0) is 21.4 Å². The van der Waals surface area contributed by atoms with Crippen molar-refractivity contribution in [3.05, 3.63) is 24.0 Å². The molecular weight excluding hydrogens is 322 g/mol. The number of nitrogens with one attached hydrogen (secondary N) is 2. The molecule has 2 amide bonds. The summed E-state index contributed by atoms with van der Waals surface area (Å²) in [4.78, 5) is 28.2. The van der Waals surface area contributed by atoms with Crippen molar-refractivity contribution >= 4 is 11.8 Å². The first-order valence-electron chi connectivity index (χ1n) is 8.63. The number of rotatable bonds is 7. The van der Waals surface area contributed by atoms with E-state index in [-0.39, 0.29) is 6.04 Å². The number of ether oxygens (including phenoxy) is 1. The molecule has 0 aromatic carbocycles. The predicted molar refractivity (Wildman–Crippen MR) is 95.1 cm³/mol. The van der Waals surface area contributed by atoms with E-state index in [1.54, 1.807) is 0 Å². The van der Waals surface area contributed by atoms with Crippen molar-refractivity contribution in [3.8, 4) is 0 Å². The van der Waals surface area contributed by atoms with Gasteiger partial charge in [-0.25, -0.2) is 0 Å². The number of aryl methyl sites for hydroxylation is 1. The molecule has 0 aliphatic carbocycles. The van der Waals surface area contributed by atoms with Crippen LogP contribution in [0.3, 0.4) is 0 Å². The van der Waals surface area contributed by atoms with E-state index in [1.807, 2.05) is 48.9 Å². The third-order valence-corrected chi connectivity index (χ3v) is 4.43. The molecule has 2 heterocycles. The molecule has 2 N–H and O–H groups in total. The van der Waals surface area contributed by atoms with Crippen LogP contribution >= 0.6 is 0 Å². The lowest BCUT2D eigenvalue weighted by atomic mass is 10.2. The Hall–Kier alpha value is -1.90. The van der Waals surface area contributed by atoms with Gasteiger partial charge >= 0.3 is 11.8 Å². The Morgan fingerprint density at radius 2 is 1.92 bits per heavy atom. The van der Waals surface area contributed by atoms with Crippen LogP contribution in [0.2, 0.25) is 0 Å². The highest BCUT2D eigenvalue weighted by Gasteiger charge is 2.20. The first kappa shape index (κ1) is 19.4. The molecule has 1 aromatic rings. The van der Waals surface area contributed by atoms with Gasteiger partial charge in [0.15, 0.2) is 0 Å². The number of morpholine rings is 1. The van der Waals surface area contributed by atoms with Crippen molar-refractivity contribution in [2.45, 2.75) is 6.04 Å². The molecule has 0 radical (unpaired) electrons. The Kier molecular flexibility index (Phi) is 7.42. The number of likely N-dealkylation sites (N-methyl/N-ethyl adjacent to an activating group) is 1. The molecule has 1 aromatic heterocycles. The second kappa shape index (κ2) is 9.55. The van der Waals surface area contributed by atoms with Crippen molar-refractivity contribution in [3.63, 3.8) is 0 Å². The van der Waals surface area contributed by atoms with Crippen molar-refractivity contribution < 1.29 is 14.3 Å². The molecule has 1 saturated heterocycles. The molecule has 140 valence electrons. The Morgan fingerprint density at radius 1 is 1.24 bits per heavy atom. The molecule has 8 nitrogen and oxygen atoms in total. The van der Waals surface area contributed by atoms with E-state index in [2.05, 4.69) is 15.5 Å². The summed E-state index contributed by atoms with van der Waals surface area (Å²) in [5, 5.41) is 5.40. The minimum absolute atomic E-state index is 0.00472. The minimum Gasteiger partial charge on any atom is -0.379 e. The molecule has 1 atom stereocenters. The molecule has 0 saturated carbocycles. The zero-order chi connectivity index (χ0) is 18.2. The maximum Gasteiger partial charge on any atom is 0.309 e. The largest absolute Gasteiger partial charge is 0.379 e. The van der Waals surface area contributed by atoms with Gasteiger partial charge in [0.25, 0.3) is 0 Å². The van der Waals surface area contributed by atoms with Crippen LogP contribution in [-0.4, -0.2) is 86.2 Å². The van der Waals surface area contributed by atoms with Gasteiger partial charge < -0.3 is 19.9 Å². The summed E-state index contributed by atoms with van der Waals surface area (Å²) in [7, 11) is 5.87. The molecule has 2 rings (SSSR count). The molecule has 1 aliphatic rings. The smallest absolute Gasteiger partial charge is 0.309 e. The van der Waals surface area contributed by atoms with Gasteiger partial charge in [0.05, 0.1) is 19.3 Å². The average Bonchev–Trinajstić information content (AvgIpc) is 3.01. The van der Waals surface area contributed by atoms with Crippen LogP contribution in [0.25, 0.3) is 0 Å². The van der Waals surface area contributed by atoms with Crippen molar-refractivity contribution in [2.75, 3.05) is 60.0 Å². The summed E-state index contributed by atoms with van der Waals surface area (Å²) in [6.07, 6.45) is 1.96. The number of amides is 2. The van der Waals surface area contributed by atoms with Crippen LogP contribution in [0, 0.1) is 0 Å². The fraction of sp³-hybridized carbons (Fsp3) is 0.647. The topological polar surface area (TPSA) is 78.8 Å². The van der Waals surface area contributed by atoms with Gasteiger partial charge in [0.2, 0.25) is 0 Å². The van der Waals surface area contributed by atoms with Gasteiger partial charge in [-0.05, 0) is 26.2 Å². The number of hydrogen-bond donors (Lipinski definition) is 2. The van der Waals surface area contributed by atoms with Gasteiger partial charge in [-0.2, -0.15) is 0 Å². The fourth-order valence-electron chi connectivity index (χ4n) is 2.87. The highest BCUT2D eigenvalue weighted by Crippen LogP contribution is 2.17. The average molecular weight is 351 g/mol. The molecule has 8 heteroatoms. The summed E-state index contributed by atoms with van der Waals surface area (Å²) < 4.78 is 7.29. The first-order chi connectivity index (χ1) is 12.0. The van der Waals surface area contributed by atoms with Crippen molar-refractivity contribution in [2.24, 2.45) is 7.05 Å². The SMILES string of the molecule is CN(C)C(CNC(=O)C(=O)NCCN1CCOCC1)c1cccn1C. The zero-order valence-corrected chi connectivity index (χ0v) is 15.3. The number of hydrogen-bond acceptors (Lipinski definition) is 5. The molecule has 0 spiro atoms. The molecule has 1 fully saturated rings. The molecular formula is C17H29N5O3. The minimum atomic E-state index is -0.594. The second-order valence-electron chi connectivity index (χ2n) is 6.44. The Morgan fingerprint density at radius 3 is 2.52 bits per heavy atom. The summed E-state index contributed by atoms with van der Waals surface area (Å²) in [5.74, 6) is -1.18.